The lowest BCUT2D eigenvalue weighted by molar-refractivity contribution is 0.0970. The molecule has 0 fully saturated rings. The van der Waals surface area contributed by atoms with Gasteiger partial charge >= 0.3 is 0 Å². The minimum absolute atomic E-state index is 0.0982. The van der Waals surface area contributed by atoms with Gasteiger partial charge in [-0.1, -0.05) is 0 Å². The van der Waals surface area contributed by atoms with Crippen LogP contribution in [0.5, 0.6) is 0 Å². The van der Waals surface area contributed by atoms with Gasteiger partial charge in [-0.15, -0.1) is 11.3 Å². The maximum atomic E-state index is 11.8. The fourth-order valence-corrected chi connectivity index (χ4v) is 2.24. The van der Waals surface area contributed by atoms with E-state index in [9.17, 15) is 4.79 Å². The average molecular weight is 227 g/mol. The molecule has 2 N–H and O–H groups in total. The molecule has 3 nitrogen and oxygen atoms in total. The van der Waals surface area contributed by atoms with E-state index in [1.54, 1.807) is 7.11 Å². The fourth-order valence-electron chi connectivity index (χ4n) is 1.36. The van der Waals surface area contributed by atoms with Crippen molar-refractivity contribution >= 4 is 17.1 Å². The first-order valence-corrected chi connectivity index (χ1v) is 5.85. The van der Waals surface area contributed by atoms with Crippen LogP contribution in [0.1, 0.15) is 28.1 Å². The van der Waals surface area contributed by atoms with Gasteiger partial charge in [-0.25, -0.2) is 0 Å². The van der Waals surface area contributed by atoms with E-state index in [4.69, 9.17) is 10.5 Å². The van der Waals surface area contributed by atoms with Crippen LogP contribution < -0.4 is 5.73 Å². The van der Waals surface area contributed by atoms with Gasteiger partial charge in [0.25, 0.3) is 0 Å². The Morgan fingerprint density at radius 3 is 2.93 bits per heavy atom. The second-order valence-electron chi connectivity index (χ2n) is 3.60. The third-order valence-electron chi connectivity index (χ3n) is 2.26. The van der Waals surface area contributed by atoms with Crippen molar-refractivity contribution in [3.63, 3.8) is 0 Å². The first-order chi connectivity index (χ1) is 7.15. The number of Topliss-reactive ketones (excluding diaryl/α,β-unsaturated/α-hetero) is 1. The molecule has 0 aliphatic heterocycles. The Morgan fingerprint density at radius 2 is 2.40 bits per heavy atom. The number of carbonyl (C=O) groups excluding carboxylic acids is 1. The molecule has 1 unspecified atom stereocenters. The number of aryl methyl sites for hydroxylation is 1. The van der Waals surface area contributed by atoms with Crippen molar-refractivity contribution < 1.29 is 9.53 Å². The summed E-state index contributed by atoms with van der Waals surface area (Å²) in [5, 5.41) is 1.93. The molecule has 0 bridgehead atoms. The van der Waals surface area contributed by atoms with Crippen LogP contribution in [0.25, 0.3) is 0 Å². The van der Waals surface area contributed by atoms with Gasteiger partial charge < -0.3 is 10.5 Å². The molecule has 1 rings (SSSR count). The van der Waals surface area contributed by atoms with Crippen molar-refractivity contribution in [2.75, 3.05) is 13.7 Å². The topological polar surface area (TPSA) is 52.3 Å². The maximum Gasteiger partial charge on any atom is 0.174 e. The molecule has 4 heteroatoms. The first-order valence-electron chi connectivity index (χ1n) is 4.97. The molecule has 1 aromatic heterocycles. The number of thiophene rings is 1. The Balaban J connectivity index is 2.46. The Kier molecular flexibility index (Phi) is 4.94. The lowest BCUT2D eigenvalue weighted by Crippen LogP contribution is -2.25. The lowest BCUT2D eigenvalue weighted by atomic mass is 10.1. The smallest absolute Gasteiger partial charge is 0.174 e. The third kappa shape index (κ3) is 3.74. The second kappa shape index (κ2) is 6.00. The van der Waals surface area contributed by atoms with E-state index in [1.165, 1.54) is 11.3 Å². The fraction of sp³-hybridized carbons (Fsp3) is 0.545. The number of rotatable bonds is 6. The summed E-state index contributed by atoms with van der Waals surface area (Å²) in [5.41, 5.74) is 6.87. The minimum Gasteiger partial charge on any atom is -0.385 e. The summed E-state index contributed by atoms with van der Waals surface area (Å²) in [6, 6.07) is 1.86. The van der Waals surface area contributed by atoms with Gasteiger partial charge in [-0.05, 0) is 30.4 Å². The number of methoxy groups -OCH3 is 1. The van der Waals surface area contributed by atoms with E-state index in [0.29, 0.717) is 13.0 Å². The lowest BCUT2D eigenvalue weighted by Gasteiger charge is -2.09. The number of ether oxygens (including phenoxy) is 1. The zero-order chi connectivity index (χ0) is 11.3. The van der Waals surface area contributed by atoms with Crippen LogP contribution in [0, 0.1) is 6.92 Å². The summed E-state index contributed by atoms with van der Waals surface area (Å²) < 4.78 is 4.92. The van der Waals surface area contributed by atoms with Crippen LogP contribution >= 0.6 is 11.3 Å². The van der Waals surface area contributed by atoms with Crippen LogP contribution in [0.2, 0.25) is 0 Å². The van der Waals surface area contributed by atoms with E-state index in [0.717, 1.165) is 16.9 Å². The Labute approximate surface area is 94.2 Å². The van der Waals surface area contributed by atoms with E-state index in [1.807, 2.05) is 18.4 Å². The highest BCUT2D eigenvalue weighted by molar-refractivity contribution is 7.12. The molecule has 1 aromatic rings. The largest absolute Gasteiger partial charge is 0.385 e. The molecule has 1 heterocycles. The Hall–Kier alpha value is -0.710. The van der Waals surface area contributed by atoms with Crippen molar-refractivity contribution in [3.8, 4) is 0 Å². The number of ketones is 1. The molecular formula is C11H17NO2S. The molecule has 15 heavy (non-hydrogen) atoms. The highest BCUT2D eigenvalue weighted by Crippen LogP contribution is 2.18. The van der Waals surface area contributed by atoms with Crippen LogP contribution in [0.15, 0.2) is 11.4 Å². The van der Waals surface area contributed by atoms with Gasteiger partial charge in [0.2, 0.25) is 0 Å². The van der Waals surface area contributed by atoms with Gasteiger partial charge in [0.15, 0.2) is 5.78 Å². The number of nitrogens with two attached hydrogens (primary N) is 1. The normalized spacial score (nSPS) is 12.7. The highest BCUT2D eigenvalue weighted by atomic mass is 32.1. The first kappa shape index (κ1) is 12.4. The van der Waals surface area contributed by atoms with Gasteiger partial charge in [-0.3, -0.25) is 4.79 Å². The SMILES string of the molecule is COCCC(N)CC(=O)c1sccc1C. The summed E-state index contributed by atoms with van der Waals surface area (Å²) >= 11 is 1.49. The quantitative estimate of drug-likeness (QED) is 0.756. The molecule has 0 aliphatic carbocycles. The molecule has 84 valence electrons. The van der Waals surface area contributed by atoms with Gasteiger partial charge in [0, 0.05) is 26.2 Å². The van der Waals surface area contributed by atoms with Crippen molar-refractivity contribution in [2.24, 2.45) is 5.73 Å². The summed E-state index contributed by atoms with van der Waals surface area (Å²) in [4.78, 5) is 12.6. The van der Waals surface area contributed by atoms with E-state index < -0.39 is 0 Å². The van der Waals surface area contributed by atoms with Crippen molar-refractivity contribution in [3.05, 3.63) is 21.9 Å². The van der Waals surface area contributed by atoms with E-state index in [-0.39, 0.29) is 11.8 Å². The van der Waals surface area contributed by atoms with Crippen molar-refractivity contribution in [1.29, 1.82) is 0 Å². The zero-order valence-corrected chi connectivity index (χ0v) is 9.97. The highest BCUT2D eigenvalue weighted by Gasteiger charge is 2.14. The molecule has 0 spiro atoms. The molecular weight excluding hydrogens is 210 g/mol. The van der Waals surface area contributed by atoms with Gasteiger partial charge in [0.05, 0.1) is 4.88 Å². The summed E-state index contributed by atoms with van der Waals surface area (Å²) in [7, 11) is 1.64. The standard InChI is InChI=1S/C11H17NO2S/c1-8-4-6-15-11(8)10(13)7-9(12)3-5-14-2/h4,6,9H,3,5,7,12H2,1-2H3. The summed E-state index contributed by atoms with van der Waals surface area (Å²) in [6.07, 6.45) is 1.14. The van der Waals surface area contributed by atoms with Gasteiger partial charge in [0.1, 0.15) is 0 Å². The minimum atomic E-state index is -0.0982. The summed E-state index contributed by atoms with van der Waals surface area (Å²) in [5.74, 6) is 0.145. The van der Waals surface area contributed by atoms with E-state index >= 15 is 0 Å². The number of hydrogen-bond donors (Lipinski definition) is 1. The molecule has 0 aromatic carbocycles. The van der Waals surface area contributed by atoms with Crippen LogP contribution in [-0.2, 0) is 4.74 Å². The molecule has 0 aliphatic rings. The molecule has 0 radical (unpaired) electrons. The molecule has 1 atom stereocenters. The van der Waals surface area contributed by atoms with E-state index in [2.05, 4.69) is 0 Å². The summed E-state index contributed by atoms with van der Waals surface area (Å²) in [6.45, 7) is 2.56. The monoisotopic (exact) mass is 227 g/mol. The van der Waals surface area contributed by atoms with Crippen molar-refractivity contribution in [1.82, 2.24) is 0 Å². The molecule has 0 saturated carbocycles. The number of carbonyl (C=O) groups is 1. The zero-order valence-electron chi connectivity index (χ0n) is 9.16. The average Bonchev–Trinajstić information content (AvgIpc) is 2.61. The predicted molar refractivity (Wildman–Crippen MR) is 62.5 cm³/mol. The number of hydrogen-bond acceptors (Lipinski definition) is 4. The van der Waals surface area contributed by atoms with Gasteiger partial charge in [-0.2, -0.15) is 0 Å². The molecule has 0 saturated heterocycles. The maximum absolute atomic E-state index is 11.8. The Morgan fingerprint density at radius 1 is 1.67 bits per heavy atom. The van der Waals surface area contributed by atoms with Crippen LogP contribution in [-0.4, -0.2) is 25.5 Å². The third-order valence-corrected chi connectivity index (χ3v) is 3.31. The Bertz CT molecular complexity index is 322. The van der Waals surface area contributed by atoms with Crippen LogP contribution in [0.3, 0.4) is 0 Å². The van der Waals surface area contributed by atoms with Crippen molar-refractivity contribution in [2.45, 2.75) is 25.8 Å². The second-order valence-corrected chi connectivity index (χ2v) is 4.52. The van der Waals surface area contributed by atoms with Crippen LogP contribution in [0.4, 0.5) is 0 Å². The predicted octanol–water partition coefficient (Wildman–Crippen LogP) is 1.99. The molecule has 0 amide bonds.